The molecule has 0 unspecified atom stereocenters. The number of aromatic nitrogens is 1. The second kappa shape index (κ2) is 10.1. The van der Waals surface area contributed by atoms with Gasteiger partial charge in [-0.05, 0) is 57.7 Å². The molecule has 150 valence electrons. The molecule has 1 fully saturated rings. The van der Waals surface area contributed by atoms with E-state index in [1.807, 2.05) is 12.3 Å². The highest BCUT2D eigenvalue weighted by molar-refractivity contribution is 5.80. The van der Waals surface area contributed by atoms with E-state index in [0.29, 0.717) is 6.04 Å². The van der Waals surface area contributed by atoms with E-state index in [1.165, 1.54) is 16.7 Å². The standard InChI is InChI=1S/C23H33N5/c1-4-24-23(26-12-8-20-16-18(2)15-19(3)17-20)27-21-9-13-28(14-10-21)22-7-5-6-11-25-22/h5-7,11,15-17,21H,4,8-10,12-14H2,1-3H3,(H2,24,26,27). The number of anilines is 1. The Morgan fingerprint density at radius 1 is 1.14 bits per heavy atom. The summed E-state index contributed by atoms with van der Waals surface area (Å²) in [7, 11) is 0. The van der Waals surface area contributed by atoms with Crippen LogP contribution in [0.3, 0.4) is 0 Å². The van der Waals surface area contributed by atoms with Crippen molar-refractivity contribution in [3.8, 4) is 0 Å². The summed E-state index contributed by atoms with van der Waals surface area (Å²) in [4.78, 5) is 11.6. The van der Waals surface area contributed by atoms with Gasteiger partial charge in [-0.2, -0.15) is 0 Å². The molecule has 28 heavy (non-hydrogen) atoms. The SMILES string of the molecule is CCNC(=NCCc1cc(C)cc(C)c1)NC1CCN(c2ccccn2)CC1. The van der Waals surface area contributed by atoms with E-state index in [2.05, 4.69) is 71.6 Å². The summed E-state index contributed by atoms with van der Waals surface area (Å²) < 4.78 is 0. The maximum atomic E-state index is 4.81. The van der Waals surface area contributed by atoms with Crippen molar-refractivity contribution in [2.45, 2.75) is 46.1 Å². The third-order valence-electron chi connectivity index (χ3n) is 5.11. The van der Waals surface area contributed by atoms with Gasteiger partial charge in [0.15, 0.2) is 5.96 Å². The van der Waals surface area contributed by atoms with Crippen LogP contribution in [-0.2, 0) is 6.42 Å². The number of pyridine rings is 1. The fourth-order valence-electron chi connectivity index (χ4n) is 3.82. The van der Waals surface area contributed by atoms with Crippen molar-refractivity contribution < 1.29 is 0 Å². The van der Waals surface area contributed by atoms with Crippen molar-refractivity contribution in [3.63, 3.8) is 0 Å². The van der Waals surface area contributed by atoms with Gasteiger partial charge in [0.25, 0.3) is 0 Å². The lowest BCUT2D eigenvalue weighted by atomic mass is 10.0. The van der Waals surface area contributed by atoms with Gasteiger partial charge in [0.05, 0.1) is 0 Å². The quantitative estimate of drug-likeness (QED) is 0.596. The molecule has 1 saturated heterocycles. The van der Waals surface area contributed by atoms with Gasteiger partial charge in [-0.1, -0.05) is 35.4 Å². The second-order valence-electron chi connectivity index (χ2n) is 7.60. The normalized spacial score (nSPS) is 15.5. The molecule has 2 heterocycles. The van der Waals surface area contributed by atoms with E-state index in [-0.39, 0.29) is 0 Å². The van der Waals surface area contributed by atoms with Crippen molar-refractivity contribution in [1.29, 1.82) is 0 Å². The summed E-state index contributed by atoms with van der Waals surface area (Å²) in [6, 6.07) is 13.3. The van der Waals surface area contributed by atoms with Crippen LogP contribution in [0.4, 0.5) is 5.82 Å². The number of nitrogens with one attached hydrogen (secondary N) is 2. The number of piperidine rings is 1. The van der Waals surface area contributed by atoms with Gasteiger partial charge >= 0.3 is 0 Å². The number of aliphatic imine (C=N–C) groups is 1. The highest BCUT2D eigenvalue weighted by Crippen LogP contribution is 2.17. The molecular formula is C23H33N5. The van der Waals surface area contributed by atoms with Crippen LogP contribution < -0.4 is 15.5 Å². The average molecular weight is 380 g/mol. The Labute approximate surface area is 169 Å². The van der Waals surface area contributed by atoms with Crippen LogP contribution in [0.15, 0.2) is 47.6 Å². The first-order chi connectivity index (χ1) is 13.6. The summed E-state index contributed by atoms with van der Waals surface area (Å²) in [5.41, 5.74) is 4.01. The number of guanidine groups is 1. The minimum Gasteiger partial charge on any atom is -0.357 e. The molecule has 2 N–H and O–H groups in total. The first-order valence-electron chi connectivity index (χ1n) is 10.4. The van der Waals surface area contributed by atoms with E-state index < -0.39 is 0 Å². The molecule has 0 aliphatic carbocycles. The number of benzene rings is 1. The fourth-order valence-corrected chi connectivity index (χ4v) is 3.82. The van der Waals surface area contributed by atoms with Gasteiger partial charge in [0, 0.05) is 38.4 Å². The van der Waals surface area contributed by atoms with Gasteiger partial charge in [-0.15, -0.1) is 0 Å². The summed E-state index contributed by atoms with van der Waals surface area (Å²) in [6.45, 7) is 10.1. The van der Waals surface area contributed by atoms with Crippen molar-refractivity contribution >= 4 is 11.8 Å². The van der Waals surface area contributed by atoms with Crippen molar-refractivity contribution in [1.82, 2.24) is 15.6 Å². The second-order valence-corrected chi connectivity index (χ2v) is 7.60. The van der Waals surface area contributed by atoms with Crippen molar-refractivity contribution in [3.05, 3.63) is 59.3 Å². The van der Waals surface area contributed by atoms with Crippen LogP contribution in [0.5, 0.6) is 0 Å². The molecule has 5 heteroatoms. The van der Waals surface area contributed by atoms with E-state index in [1.54, 1.807) is 0 Å². The third-order valence-corrected chi connectivity index (χ3v) is 5.11. The predicted octanol–water partition coefficient (Wildman–Crippen LogP) is 3.47. The zero-order valence-electron chi connectivity index (χ0n) is 17.4. The number of hydrogen-bond donors (Lipinski definition) is 2. The van der Waals surface area contributed by atoms with Crippen LogP contribution in [0, 0.1) is 13.8 Å². The monoisotopic (exact) mass is 379 g/mol. The molecule has 1 aromatic heterocycles. The Bertz CT molecular complexity index is 744. The molecule has 0 spiro atoms. The molecular weight excluding hydrogens is 346 g/mol. The third kappa shape index (κ3) is 5.98. The summed E-state index contributed by atoms with van der Waals surface area (Å²) >= 11 is 0. The van der Waals surface area contributed by atoms with E-state index in [4.69, 9.17) is 4.99 Å². The molecule has 0 saturated carbocycles. The van der Waals surface area contributed by atoms with Crippen molar-refractivity contribution in [2.75, 3.05) is 31.1 Å². The fraction of sp³-hybridized carbons (Fsp3) is 0.478. The lowest BCUT2D eigenvalue weighted by Gasteiger charge is -2.33. The highest BCUT2D eigenvalue weighted by atomic mass is 15.2. The lowest BCUT2D eigenvalue weighted by Crippen LogP contribution is -2.49. The predicted molar refractivity (Wildman–Crippen MR) is 118 cm³/mol. The molecule has 1 aliphatic rings. The molecule has 1 aliphatic heterocycles. The van der Waals surface area contributed by atoms with Gasteiger partial charge < -0.3 is 15.5 Å². The zero-order valence-corrected chi connectivity index (χ0v) is 17.4. The summed E-state index contributed by atoms with van der Waals surface area (Å²) in [5.74, 6) is 2.01. The largest absolute Gasteiger partial charge is 0.357 e. The maximum absolute atomic E-state index is 4.81. The number of aryl methyl sites for hydroxylation is 2. The highest BCUT2D eigenvalue weighted by Gasteiger charge is 2.20. The van der Waals surface area contributed by atoms with Crippen molar-refractivity contribution in [2.24, 2.45) is 4.99 Å². The Morgan fingerprint density at radius 3 is 2.54 bits per heavy atom. The van der Waals surface area contributed by atoms with E-state index in [9.17, 15) is 0 Å². The lowest BCUT2D eigenvalue weighted by molar-refractivity contribution is 0.459. The topological polar surface area (TPSA) is 52.6 Å². The Hall–Kier alpha value is -2.56. The van der Waals surface area contributed by atoms with Crippen LogP contribution in [0.1, 0.15) is 36.5 Å². The molecule has 1 aromatic carbocycles. The van der Waals surface area contributed by atoms with Crippen LogP contribution >= 0.6 is 0 Å². The number of nitrogens with zero attached hydrogens (tertiary/aromatic N) is 3. The summed E-state index contributed by atoms with van der Waals surface area (Å²) in [6.07, 6.45) is 5.03. The molecule has 0 radical (unpaired) electrons. The molecule has 3 rings (SSSR count). The van der Waals surface area contributed by atoms with Gasteiger partial charge in [0.2, 0.25) is 0 Å². The molecule has 0 amide bonds. The van der Waals surface area contributed by atoms with Crippen LogP contribution in [-0.4, -0.2) is 43.2 Å². The molecule has 0 bridgehead atoms. The number of rotatable bonds is 6. The van der Waals surface area contributed by atoms with Crippen LogP contribution in [0.25, 0.3) is 0 Å². The minimum atomic E-state index is 0.457. The van der Waals surface area contributed by atoms with Crippen LogP contribution in [0.2, 0.25) is 0 Å². The average Bonchev–Trinajstić information content (AvgIpc) is 2.69. The minimum absolute atomic E-state index is 0.457. The Balaban J connectivity index is 1.51. The maximum Gasteiger partial charge on any atom is 0.191 e. The smallest absolute Gasteiger partial charge is 0.191 e. The zero-order chi connectivity index (χ0) is 19.8. The Morgan fingerprint density at radius 2 is 1.89 bits per heavy atom. The summed E-state index contributed by atoms with van der Waals surface area (Å²) in [5, 5.41) is 7.02. The van der Waals surface area contributed by atoms with Gasteiger partial charge in [0.1, 0.15) is 5.82 Å². The number of hydrogen-bond acceptors (Lipinski definition) is 3. The molecule has 0 atom stereocenters. The first-order valence-corrected chi connectivity index (χ1v) is 10.4. The van der Waals surface area contributed by atoms with E-state index in [0.717, 1.165) is 57.2 Å². The van der Waals surface area contributed by atoms with Gasteiger partial charge in [-0.3, -0.25) is 4.99 Å². The molecule has 2 aromatic rings. The Kier molecular flexibility index (Phi) is 7.29. The first kappa shape index (κ1) is 20.2. The van der Waals surface area contributed by atoms with E-state index >= 15 is 0 Å². The molecule has 5 nitrogen and oxygen atoms in total. The van der Waals surface area contributed by atoms with Gasteiger partial charge in [-0.25, -0.2) is 4.98 Å².